The number of anilines is 2. The maximum Gasteiger partial charge on any atom is 0.409 e. The number of hydrogen-bond acceptors (Lipinski definition) is 5. The Balaban J connectivity index is 2.84. The fraction of sp³-hybridized carbons (Fsp3) is 0.286. The third-order valence-corrected chi connectivity index (χ3v) is 1.45. The lowest BCUT2D eigenvalue weighted by Gasteiger charge is -2.04. The zero-order valence-electron chi connectivity index (χ0n) is 7.27. The second-order valence-corrected chi connectivity index (χ2v) is 2.49. The van der Waals surface area contributed by atoms with Gasteiger partial charge >= 0.3 is 6.09 Å². The average Bonchev–Trinajstić information content (AvgIpc) is 2.10. The highest BCUT2D eigenvalue weighted by Crippen LogP contribution is 2.13. The fourth-order valence-corrected chi connectivity index (χ4v) is 0.865. The van der Waals surface area contributed by atoms with Gasteiger partial charge in [-0.1, -0.05) is 0 Å². The molecule has 0 atom stereocenters. The lowest BCUT2D eigenvalue weighted by Crippen LogP contribution is -2.12. The third kappa shape index (κ3) is 2.56. The molecular formula is C7H10N4O3. The minimum absolute atomic E-state index is 0.0471. The molecule has 76 valence electrons. The summed E-state index contributed by atoms with van der Waals surface area (Å²) in [5, 5.41) is 19.0. The van der Waals surface area contributed by atoms with Crippen LogP contribution < -0.4 is 11.1 Å². The number of aliphatic hydroxyl groups is 1. The van der Waals surface area contributed by atoms with E-state index in [1.54, 1.807) is 0 Å². The molecule has 0 bridgehead atoms. The maximum atomic E-state index is 10.3. The van der Waals surface area contributed by atoms with Crippen LogP contribution in [0, 0.1) is 0 Å². The summed E-state index contributed by atoms with van der Waals surface area (Å²) >= 11 is 0. The molecule has 5 N–H and O–H groups in total. The Morgan fingerprint density at radius 2 is 2.36 bits per heavy atom. The van der Waals surface area contributed by atoms with E-state index in [4.69, 9.17) is 15.9 Å². The van der Waals surface area contributed by atoms with E-state index in [1.807, 2.05) is 5.32 Å². The number of rotatable bonds is 3. The Hall–Kier alpha value is -1.89. The highest BCUT2D eigenvalue weighted by molar-refractivity contribution is 5.86. The highest BCUT2D eigenvalue weighted by atomic mass is 16.4. The van der Waals surface area contributed by atoms with Crippen molar-refractivity contribution in [2.45, 2.75) is 6.42 Å². The molecule has 0 aromatic carbocycles. The van der Waals surface area contributed by atoms with E-state index in [-0.39, 0.29) is 24.5 Å². The molecule has 0 saturated heterocycles. The van der Waals surface area contributed by atoms with Gasteiger partial charge in [0.2, 0.25) is 0 Å². The normalized spacial score (nSPS) is 9.79. The van der Waals surface area contributed by atoms with Crippen molar-refractivity contribution >= 4 is 17.6 Å². The van der Waals surface area contributed by atoms with Crippen molar-refractivity contribution in [2.24, 2.45) is 0 Å². The summed E-state index contributed by atoms with van der Waals surface area (Å²) in [7, 11) is 0. The first kappa shape index (κ1) is 10.2. The van der Waals surface area contributed by atoms with E-state index in [9.17, 15) is 4.79 Å². The molecular weight excluding hydrogens is 188 g/mol. The number of nitrogens with zero attached hydrogens (tertiary/aromatic N) is 2. The molecule has 1 heterocycles. The summed E-state index contributed by atoms with van der Waals surface area (Å²) in [4.78, 5) is 17.9. The number of nitrogens with two attached hydrogens (primary N) is 1. The molecule has 1 rings (SSSR count). The fourth-order valence-electron chi connectivity index (χ4n) is 0.865. The molecule has 14 heavy (non-hydrogen) atoms. The zero-order chi connectivity index (χ0) is 10.6. The Kier molecular flexibility index (Phi) is 3.19. The van der Waals surface area contributed by atoms with Crippen molar-refractivity contribution in [1.82, 2.24) is 9.97 Å². The van der Waals surface area contributed by atoms with Gasteiger partial charge in [0.1, 0.15) is 11.5 Å². The van der Waals surface area contributed by atoms with Crippen LogP contribution in [-0.4, -0.2) is 32.9 Å². The number of carboxylic acid groups (broad SMARTS) is 1. The first-order valence-corrected chi connectivity index (χ1v) is 3.85. The molecule has 0 saturated carbocycles. The lowest BCUT2D eigenvalue weighted by atomic mass is 10.4. The number of nitrogen functional groups attached to an aromatic ring is 1. The number of aromatic nitrogens is 2. The van der Waals surface area contributed by atoms with Crippen LogP contribution in [0.25, 0.3) is 0 Å². The Labute approximate surface area is 79.6 Å². The van der Waals surface area contributed by atoms with Crippen molar-refractivity contribution in [1.29, 1.82) is 0 Å². The maximum absolute atomic E-state index is 10.3. The van der Waals surface area contributed by atoms with Crippen LogP contribution in [0.15, 0.2) is 6.20 Å². The quantitative estimate of drug-likeness (QED) is 0.528. The van der Waals surface area contributed by atoms with Crippen LogP contribution in [0.4, 0.5) is 16.3 Å². The first-order chi connectivity index (χ1) is 6.63. The number of nitrogens with one attached hydrogen (secondary N) is 1. The van der Waals surface area contributed by atoms with Gasteiger partial charge in [-0.2, -0.15) is 0 Å². The van der Waals surface area contributed by atoms with Crippen molar-refractivity contribution in [2.75, 3.05) is 17.7 Å². The van der Waals surface area contributed by atoms with E-state index >= 15 is 0 Å². The van der Waals surface area contributed by atoms with Gasteiger partial charge in [-0.15, -0.1) is 0 Å². The summed E-state index contributed by atoms with van der Waals surface area (Å²) in [6.07, 6.45) is 0.328. The topological polar surface area (TPSA) is 121 Å². The van der Waals surface area contributed by atoms with Gasteiger partial charge in [0.05, 0.1) is 12.8 Å². The van der Waals surface area contributed by atoms with Gasteiger partial charge < -0.3 is 15.9 Å². The number of hydrogen-bond donors (Lipinski definition) is 4. The van der Waals surface area contributed by atoms with E-state index in [0.717, 1.165) is 0 Å². The molecule has 1 aromatic heterocycles. The molecule has 7 nitrogen and oxygen atoms in total. The highest BCUT2D eigenvalue weighted by Gasteiger charge is 2.05. The van der Waals surface area contributed by atoms with Crippen molar-refractivity contribution < 1.29 is 15.0 Å². The Bertz CT molecular complexity index is 342. The third-order valence-electron chi connectivity index (χ3n) is 1.45. The average molecular weight is 198 g/mol. The molecule has 0 aliphatic heterocycles. The lowest BCUT2D eigenvalue weighted by molar-refractivity contribution is 0.209. The van der Waals surface area contributed by atoms with Gasteiger partial charge in [-0.3, -0.25) is 5.32 Å². The predicted octanol–water partition coefficient (Wildman–Crippen LogP) is -0.317. The van der Waals surface area contributed by atoms with Crippen LogP contribution in [0.1, 0.15) is 5.82 Å². The van der Waals surface area contributed by atoms with Gasteiger partial charge in [-0.25, -0.2) is 14.8 Å². The summed E-state index contributed by atoms with van der Waals surface area (Å²) < 4.78 is 0. The van der Waals surface area contributed by atoms with Gasteiger partial charge in [0.15, 0.2) is 5.82 Å². The number of aliphatic hydroxyl groups excluding tert-OH is 1. The largest absolute Gasteiger partial charge is 0.465 e. The van der Waals surface area contributed by atoms with Gasteiger partial charge in [0.25, 0.3) is 0 Å². The van der Waals surface area contributed by atoms with Crippen LogP contribution in [0.2, 0.25) is 0 Å². The monoisotopic (exact) mass is 198 g/mol. The molecule has 1 aromatic rings. The molecule has 0 aliphatic carbocycles. The minimum Gasteiger partial charge on any atom is -0.465 e. The molecule has 0 aliphatic rings. The van der Waals surface area contributed by atoms with E-state index in [1.165, 1.54) is 6.20 Å². The Morgan fingerprint density at radius 1 is 1.64 bits per heavy atom. The molecule has 0 fully saturated rings. The molecule has 0 spiro atoms. The smallest absolute Gasteiger partial charge is 0.409 e. The van der Waals surface area contributed by atoms with Crippen LogP contribution in [0.3, 0.4) is 0 Å². The summed E-state index contributed by atoms with van der Waals surface area (Å²) in [6, 6.07) is 0. The first-order valence-electron chi connectivity index (χ1n) is 3.85. The summed E-state index contributed by atoms with van der Waals surface area (Å²) in [6.45, 7) is -0.0782. The molecule has 7 heteroatoms. The Morgan fingerprint density at radius 3 is 2.86 bits per heavy atom. The zero-order valence-corrected chi connectivity index (χ0v) is 7.27. The number of carbonyl (C=O) groups is 1. The van der Waals surface area contributed by atoms with Crippen LogP contribution in [0.5, 0.6) is 0 Å². The summed E-state index contributed by atoms with van der Waals surface area (Å²) in [5.41, 5.74) is 5.58. The van der Waals surface area contributed by atoms with E-state index in [0.29, 0.717) is 5.82 Å². The summed E-state index contributed by atoms with van der Waals surface area (Å²) in [5.74, 6) is 0.423. The van der Waals surface area contributed by atoms with Gasteiger partial charge in [-0.05, 0) is 0 Å². The molecule has 1 amide bonds. The molecule has 0 unspecified atom stereocenters. The van der Waals surface area contributed by atoms with Gasteiger partial charge in [0, 0.05) is 6.42 Å². The predicted molar refractivity (Wildman–Crippen MR) is 48.9 cm³/mol. The van der Waals surface area contributed by atoms with Crippen molar-refractivity contribution in [3.05, 3.63) is 12.0 Å². The minimum atomic E-state index is -1.23. The number of amides is 1. The van der Waals surface area contributed by atoms with Crippen molar-refractivity contribution in [3.8, 4) is 0 Å². The van der Waals surface area contributed by atoms with Crippen LogP contribution in [-0.2, 0) is 6.42 Å². The van der Waals surface area contributed by atoms with E-state index in [2.05, 4.69) is 9.97 Å². The molecule has 0 radical (unpaired) electrons. The second-order valence-electron chi connectivity index (χ2n) is 2.49. The second kappa shape index (κ2) is 4.38. The van der Waals surface area contributed by atoms with E-state index < -0.39 is 6.09 Å². The van der Waals surface area contributed by atoms with Crippen molar-refractivity contribution in [3.63, 3.8) is 0 Å². The SMILES string of the molecule is Nc1nc(CCO)ncc1NC(=O)O. The van der Waals surface area contributed by atoms with Crippen LogP contribution >= 0.6 is 0 Å². The standard InChI is InChI=1S/C7H10N4O3/c8-6-4(10-7(13)14)3-9-5(11-6)1-2-12/h3,10,12H,1-2H2,(H,13,14)(H2,8,9,11).